The molecule has 0 bridgehead atoms. The smallest absolute Gasteiger partial charge is 0.267 e. The van der Waals surface area contributed by atoms with E-state index < -0.39 is 5.91 Å². The zero-order valence-corrected chi connectivity index (χ0v) is 15.0. The summed E-state index contributed by atoms with van der Waals surface area (Å²) in [5.74, 6) is -0.480. The van der Waals surface area contributed by atoms with Gasteiger partial charge in [0.15, 0.2) is 0 Å². The molecule has 0 unspecified atom stereocenters. The van der Waals surface area contributed by atoms with E-state index in [-0.39, 0.29) is 5.57 Å². The zero-order valence-electron chi connectivity index (χ0n) is 14.3. The number of nitrogens with two attached hydrogens (primary N) is 1. The standard InChI is InChI=1S/C19H19ClN4O/c1-11-6-12(2)18(13(3)7-11)24-19(25)14(9-21)10-23-15-4-5-17(22)16(20)8-15/h4-8,10,23H,22H2,1-3H3,(H,24,25)/b14-10-. The molecule has 1 amide bonds. The fourth-order valence-electron chi connectivity index (χ4n) is 2.48. The summed E-state index contributed by atoms with van der Waals surface area (Å²) in [6.07, 6.45) is 1.34. The summed E-state index contributed by atoms with van der Waals surface area (Å²) < 4.78 is 0. The van der Waals surface area contributed by atoms with Gasteiger partial charge in [-0.3, -0.25) is 4.79 Å². The SMILES string of the molecule is Cc1cc(C)c(NC(=O)/C(C#N)=C\Nc2ccc(N)c(Cl)c2)c(C)c1. The van der Waals surface area contributed by atoms with Crippen LogP contribution in [0, 0.1) is 32.1 Å². The van der Waals surface area contributed by atoms with Crippen molar-refractivity contribution in [2.45, 2.75) is 20.8 Å². The van der Waals surface area contributed by atoms with Gasteiger partial charge in [0.2, 0.25) is 0 Å². The third-order valence-corrected chi connectivity index (χ3v) is 3.99. The molecule has 0 aromatic heterocycles. The van der Waals surface area contributed by atoms with E-state index in [4.69, 9.17) is 17.3 Å². The van der Waals surface area contributed by atoms with Crippen molar-refractivity contribution in [2.75, 3.05) is 16.4 Å². The number of hydrogen-bond donors (Lipinski definition) is 3. The van der Waals surface area contributed by atoms with Gasteiger partial charge in [-0.2, -0.15) is 5.26 Å². The van der Waals surface area contributed by atoms with Crippen LogP contribution in [0.2, 0.25) is 5.02 Å². The second kappa shape index (κ2) is 7.73. The number of benzene rings is 2. The summed E-state index contributed by atoms with van der Waals surface area (Å²) in [5, 5.41) is 15.3. The minimum atomic E-state index is -0.480. The molecule has 128 valence electrons. The molecule has 2 aromatic rings. The van der Waals surface area contributed by atoms with Crippen LogP contribution in [-0.4, -0.2) is 5.91 Å². The van der Waals surface area contributed by atoms with Crippen LogP contribution < -0.4 is 16.4 Å². The lowest BCUT2D eigenvalue weighted by Crippen LogP contribution is -2.16. The number of nitrogens with one attached hydrogen (secondary N) is 2. The van der Waals surface area contributed by atoms with E-state index in [9.17, 15) is 10.1 Å². The number of hydrogen-bond acceptors (Lipinski definition) is 4. The Bertz CT molecular complexity index is 874. The maximum absolute atomic E-state index is 12.4. The molecule has 0 aliphatic heterocycles. The highest BCUT2D eigenvalue weighted by Crippen LogP contribution is 2.24. The Morgan fingerprint density at radius 3 is 2.40 bits per heavy atom. The van der Waals surface area contributed by atoms with Crippen molar-refractivity contribution in [1.82, 2.24) is 0 Å². The fourth-order valence-corrected chi connectivity index (χ4v) is 2.66. The number of nitrogens with zero attached hydrogens (tertiary/aromatic N) is 1. The van der Waals surface area contributed by atoms with Gasteiger partial charge in [-0.05, 0) is 50.1 Å². The number of anilines is 3. The molecule has 0 heterocycles. The first-order chi connectivity index (χ1) is 11.8. The van der Waals surface area contributed by atoms with Gasteiger partial charge in [0, 0.05) is 17.6 Å². The third kappa shape index (κ3) is 4.52. The van der Waals surface area contributed by atoms with E-state index in [2.05, 4.69) is 10.6 Å². The second-order valence-corrected chi connectivity index (χ2v) is 6.19. The summed E-state index contributed by atoms with van der Waals surface area (Å²) >= 11 is 5.95. The second-order valence-electron chi connectivity index (χ2n) is 5.78. The number of carbonyl (C=O) groups is 1. The molecule has 0 spiro atoms. The topological polar surface area (TPSA) is 90.9 Å². The van der Waals surface area contributed by atoms with E-state index in [1.54, 1.807) is 18.2 Å². The Kier molecular flexibility index (Phi) is 5.68. The molecule has 2 rings (SSSR count). The fraction of sp³-hybridized carbons (Fsp3) is 0.158. The highest BCUT2D eigenvalue weighted by atomic mass is 35.5. The molecule has 0 radical (unpaired) electrons. The van der Waals surface area contributed by atoms with Crippen LogP contribution in [0.25, 0.3) is 0 Å². The van der Waals surface area contributed by atoms with Crippen molar-refractivity contribution in [3.8, 4) is 6.07 Å². The first-order valence-corrected chi connectivity index (χ1v) is 8.00. The number of rotatable bonds is 4. The van der Waals surface area contributed by atoms with Gasteiger partial charge < -0.3 is 16.4 Å². The molecule has 25 heavy (non-hydrogen) atoms. The summed E-state index contributed by atoms with van der Waals surface area (Å²) in [7, 11) is 0. The normalized spacial score (nSPS) is 10.9. The molecule has 0 aliphatic rings. The Balaban J connectivity index is 2.18. The van der Waals surface area contributed by atoms with Gasteiger partial charge in [0.1, 0.15) is 11.6 Å². The van der Waals surface area contributed by atoms with Gasteiger partial charge in [0.05, 0.1) is 10.7 Å². The number of aryl methyl sites for hydroxylation is 3. The minimum Gasteiger partial charge on any atom is -0.398 e. The zero-order chi connectivity index (χ0) is 18.6. The lowest BCUT2D eigenvalue weighted by atomic mass is 10.0. The molecule has 2 aromatic carbocycles. The highest BCUT2D eigenvalue weighted by Gasteiger charge is 2.12. The van der Waals surface area contributed by atoms with E-state index in [1.807, 2.05) is 39.0 Å². The Hall–Kier alpha value is -2.97. The largest absolute Gasteiger partial charge is 0.398 e. The summed E-state index contributed by atoms with van der Waals surface area (Å²) in [6, 6.07) is 10.8. The van der Waals surface area contributed by atoms with Crippen molar-refractivity contribution >= 4 is 34.6 Å². The first-order valence-electron chi connectivity index (χ1n) is 7.63. The number of nitriles is 1. The van der Waals surface area contributed by atoms with Crippen LogP contribution in [0.4, 0.5) is 17.1 Å². The van der Waals surface area contributed by atoms with Crippen molar-refractivity contribution in [1.29, 1.82) is 5.26 Å². The summed E-state index contributed by atoms with van der Waals surface area (Å²) in [5.41, 5.74) is 10.4. The molecular formula is C19H19ClN4O. The number of nitrogen functional groups attached to an aromatic ring is 1. The maximum Gasteiger partial charge on any atom is 0.267 e. The number of carbonyl (C=O) groups excluding carboxylic acids is 1. The van der Waals surface area contributed by atoms with Crippen molar-refractivity contribution in [3.05, 3.63) is 63.8 Å². The first kappa shape index (κ1) is 18.4. The van der Waals surface area contributed by atoms with Crippen LogP contribution in [0.3, 0.4) is 0 Å². The molecule has 5 nitrogen and oxygen atoms in total. The monoisotopic (exact) mass is 354 g/mol. The summed E-state index contributed by atoms with van der Waals surface area (Å²) in [4.78, 5) is 12.4. The number of amides is 1. The predicted octanol–water partition coefficient (Wildman–Crippen LogP) is 4.31. The van der Waals surface area contributed by atoms with Crippen LogP contribution in [-0.2, 0) is 4.79 Å². The van der Waals surface area contributed by atoms with E-state index in [0.717, 1.165) is 16.7 Å². The molecule has 0 saturated carbocycles. The molecule has 0 fully saturated rings. The van der Waals surface area contributed by atoms with E-state index in [0.29, 0.717) is 22.1 Å². The average Bonchev–Trinajstić information content (AvgIpc) is 2.54. The van der Waals surface area contributed by atoms with E-state index >= 15 is 0 Å². The van der Waals surface area contributed by atoms with Gasteiger partial charge in [-0.15, -0.1) is 0 Å². The van der Waals surface area contributed by atoms with Gasteiger partial charge >= 0.3 is 0 Å². The van der Waals surface area contributed by atoms with Crippen molar-refractivity contribution in [2.24, 2.45) is 0 Å². The van der Waals surface area contributed by atoms with Crippen molar-refractivity contribution < 1.29 is 4.79 Å². The van der Waals surface area contributed by atoms with Gasteiger partial charge in [-0.1, -0.05) is 29.3 Å². The predicted molar refractivity (Wildman–Crippen MR) is 102 cm³/mol. The van der Waals surface area contributed by atoms with Crippen LogP contribution in [0.15, 0.2) is 42.1 Å². The Morgan fingerprint density at radius 1 is 1.20 bits per heavy atom. The van der Waals surface area contributed by atoms with Crippen LogP contribution >= 0.6 is 11.6 Å². The quantitative estimate of drug-likeness (QED) is 0.433. The van der Waals surface area contributed by atoms with Crippen molar-refractivity contribution in [3.63, 3.8) is 0 Å². The molecule has 6 heteroatoms. The molecule has 0 aliphatic carbocycles. The van der Waals surface area contributed by atoms with Gasteiger partial charge in [-0.25, -0.2) is 0 Å². The maximum atomic E-state index is 12.4. The Morgan fingerprint density at radius 2 is 1.84 bits per heavy atom. The average molecular weight is 355 g/mol. The molecule has 4 N–H and O–H groups in total. The number of halogens is 1. The lowest BCUT2D eigenvalue weighted by Gasteiger charge is -2.12. The van der Waals surface area contributed by atoms with Gasteiger partial charge in [0.25, 0.3) is 5.91 Å². The minimum absolute atomic E-state index is 0.0488. The Labute approximate surface area is 152 Å². The lowest BCUT2D eigenvalue weighted by molar-refractivity contribution is -0.112. The molecular weight excluding hydrogens is 336 g/mol. The third-order valence-electron chi connectivity index (χ3n) is 3.66. The highest BCUT2D eigenvalue weighted by molar-refractivity contribution is 6.33. The van der Waals surface area contributed by atoms with E-state index in [1.165, 1.54) is 6.20 Å². The molecule has 0 atom stereocenters. The summed E-state index contributed by atoms with van der Waals surface area (Å²) in [6.45, 7) is 5.83. The van der Waals surface area contributed by atoms with Crippen LogP contribution in [0.1, 0.15) is 16.7 Å². The molecule has 0 saturated heterocycles. The van der Waals surface area contributed by atoms with Crippen LogP contribution in [0.5, 0.6) is 0 Å².